The summed E-state index contributed by atoms with van der Waals surface area (Å²) in [5.41, 5.74) is 1.98. The molecule has 1 aromatic carbocycles. The van der Waals surface area contributed by atoms with Crippen LogP contribution in [0.1, 0.15) is 10.5 Å². The Morgan fingerprint density at radius 3 is 2.73 bits per heavy atom. The highest BCUT2D eigenvalue weighted by molar-refractivity contribution is 6.39. The molecular formula is C14H10Cl2N4O2. The number of aromatic nitrogens is 3. The molecule has 0 saturated carbocycles. The van der Waals surface area contributed by atoms with E-state index >= 15 is 0 Å². The van der Waals surface area contributed by atoms with E-state index in [9.17, 15) is 4.79 Å². The van der Waals surface area contributed by atoms with E-state index in [2.05, 4.69) is 25.0 Å². The highest BCUT2D eigenvalue weighted by atomic mass is 35.5. The standard InChI is InChI=1S/C14H10Cl2N4O2/c1-22-13(21)10-5-9-11(6-17-10)19-14(18-9)20-12-7(15)3-2-4-8(12)16/h2-6H,1H3,(H2,18,19,20). The number of rotatable bonds is 3. The number of methoxy groups -OCH3 is 1. The average Bonchev–Trinajstić information content (AvgIpc) is 2.91. The van der Waals surface area contributed by atoms with Gasteiger partial charge >= 0.3 is 5.97 Å². The number of H-pyrrole nitrogens is 1. The normalized spacial score (nSPS) is 10.7. The van der Waals surface area contributed by atoms with Crippen molar-refractivity contribution >= 4 is 51.8 Å². The molecule has 0 aliphatic carbocycles. The number of carbonyl (C=O) groups is 1. The first-order valence-electron chi connectivity index (χ1n) is 6.23. The number of hydrogen-bond acceptors (Lipinski definition) is 5. The van der Waals surface area contributed by atoms with Crippen LogP contribution in [0, 0.1) is 0 Å². The Bertz CT molecular complexity index is 843. The van der Waals surface area contributed by atoms with Crippen molar-refractivity contribution in [3.63, 3.8) is 0 Å². The molecule has 3 aromatic rings. The SMILES string of the molecule is COC(=O)c1cc2[nH]c(Nc3c(Cl)cccc3Cl)nc2cn1. The number of halogens is 2. The molecule has 0 radical (unpaired) electrons. The number of esters is 1. The zero-order valence-electron chi connectivity index (χ0n) is 11.4. The lowest BCUT2D eigenvalue weighted by molar-refractivity contribution is 0.0594. The summed E-state index contributed by atoms with van der Waals surface area (Å²) >= 11 is 12.2. The molecule has 2 N–H and O–H groups in total. The van der Waals surface area contributed by atoms with Gasteiger partial charge in [-0.2, -0.15) is 0 Å². The predicted molar refractivity (Wildman–Crippen MR) is 85.0 cm³/mol. The summed E-state index contributed by atoms with van der Waals surface area (Å²) in [7, 11) is 1.30. The Morgan fingerprint density at radius 1 is 1.32 bits per heavy atom. The van der Waals surface area contributed by atoms with Crippen molar-refractivity contribution in [3.8, 4) is 0 Å². The van der Waals surface area contributed by atoms with Crippen LogP contribution >= 0.6 is 23.2 Å². The monoisotopic (exact) mass is 336 g/mol. The van der Waals surface area contributed by atoms with Gasteiger partial charge in [0, 0.05) is 0 Å². The van der Waals surface area contributed by atoms with Crippen LogP contribution in [0.5, 0.6) is 0 Å². The third-order valence-electron chi connectivity index (χ3n) is 2.97. The molecule has 8 heteroatoms. The number of nitrogens with one attached hydrogen (secondary N) is 2. The number of anilines is 2. The average molecular weight is 337 g/mol. The molecule has 22 heavy (non-hydrogen) atoms. The Kier molecular flexibility index (Phi) is 3.87. The van der Waals surface area contributed by atoms with Gasteiger partial charge in [0.1, 0.15) is 5.52 Å². The zero-order valence-corrected chi connectivity index (χ0v) is 12.9. The van der Waals surface area contributed by atoms with Gasteiger partial charge in [0.15, 0.2) is 5.69 Å². The molecule has 0 unspecified atom stereocenters. The molecule has 0 spiro atoms. The van der Waals surface area contributed by atoms with Gasteiger partial charge in [-0.1, -0.05) is 29.3 Å². The van der Waals surface area contributed by atoms with Crippen molar-refractivity contribution in [1.82, 2.24) is 15.0 Å². The van der Waals surface area contributed by atoms with E-state index in [1.54, 1.807) is 24.3 Å². The topological polar surface area (TPSA) is 79.9 Å². The van der Waals surface area contributed by atoms with E-state index in [1.807, 2.05) is 0 Å². The summed E-state index contributed by atoms with van der Waals surface area (Å²) in [5, 5.41) is 3.96. The summed E-state index contributed by atoms with van der Waals surface area (Å²) in [4.78, 5) is 22.8. The lowest BCUT2D eigenvalue weighted by Crippen LogP contribution is -2.03. The quantitative estimate of drug-likeness (QED) is 0.711. The maximum absolute atomic E-state index is 11.5. The van der Waals surface area contributed by atoms with Gasteiger partial charge in [-0.25, -0.2) is 14.8 Å². The molecular weight excluding hydrogens is 327 g/mol. The van der Waals surface area contributed by atoms with E-state index < -0.39 is 5.97 Å². The van der Waals surface area contributed by atoms with E-state index in [-0.39, 0.29) is 5.69 Å². The fraction of sp³-hybridized carbons (Fsp3) is 0.0714. The van der Waals surface area contributed by atoms with Crippen LogP contribution in [0.3, 0.4) is 0 Å². The number of imidazole rings is 1. The molecule has 0 amide bonds. The van der Waals surface area contributed by atoms with Gasteiger partial charge in [-0.05, 0) is 18.2 Å². The lowest BCUT2D eigenvalue weighted by Gasteiger charge is -2.06. The summed E-state index contributed by atoms with van der Waals surface area (Å²) in [6.45, 7) is 0. The second-order valence-corrected chi connectivity index (χ2v) is 5.20. The Hall–Kier alpha value is -2.31. The Labute approximate surface area is 135 Å². The molecule has 0 saturated heterocycles. The number of fused-ring (bicyclic) bond motifs is 1. The molecule has 2 aromatic heterocycles. The fourth-order valence-electron chi connectivity index (χ4n) is 1.92. The smallest absolute Gasteiger partial charge is 0.356 e. The van der Waals surface area contributed by atoms with Crippen molar-refractivity contribution in [2.75, 3.05) is 12.4 Å². The first-order valence-corrected chi connectivity index (χ1v) is 6.99. The van der Waals surface area contributed by atoms with E-state index in [0.29, 0.717) is 32.7 Å². The summed E-state index contributed by atoms with van der Waals surface area (Å²) in [6, 6.07) is 6.75. The molecule has 3 rings (SSSR count). The molecule has 0 bridgehead atoms. The van der Waals surface area contributed by atoms with Crippen LogP contribution in [0.2, 0.25) is 10.0 Å². The van der Waals surface area contributed by atoms with Gasteiger partial charge in [-0.15, -0.1) is 0 Å². The van der Waals surface area contributed by atoms with E-state index in [0.717, 1.165) is 0 Å². The minimum Gasteiger partial charge on any atom is -0.464 e. The van der Waals surface area contributed by atoms with Crippen LogP contribution in [-0.4, -0.2) is 28.0 Å². The highest BCUT2D eigenvalue weighted by Gasteiger charge is 2.12. The highest BCUT2D eigenvalue weighted by Crippen LogP contribution is 2.32. The van der Waals surface area contributed by atoms with Crippen LogP contribution in [0.25, 0.3) is 11.0 Å². The first-order chi connectivity index (χ1) is 10.6. The number of carbonyl (C=O) groups excluding carboxylic acids is 1. The van der Waals surface area contributed by atoms with Crippen molar-refractivity contribution in [2.24, 2.45) is 0 Å². The maximum Gasteiger partial charge on any atom is 0.356 e. The molecule has 112 valence electrons. The molecule has 0 aliphatic heterocycles. The summed E-state index contributed by atoms with van der Waals surface area (Å²) in [5.74, 6) is -0.0750. The molecule has 0 atom stereocenters. The minimum atomic E-state index is -0.514. The number of pyridine rings is 1. The van der Waals surface area contributed by atoms with Crippen LogP contribution in [-0.2, 0) is 4.74 Å². The van der Waals surface area contributed by atoms with Crippen LogP contribution < -0.4 is 5.32 Å². The maximum atomic E-state index is 11.5. The van der Waals surface area contributed by atoms with E-state index in [1.165, 1.54) is 13.3 Å². The summed E-state index contributed by atoms with van der Waals surface area (Å²) < 4.78 is 4.63. The van der Waals surface area contributed by atoms with Crippen LogP contribution in [0.15, 0.2) is 30.5 Å². The van der Waals surface area contributed by atoms with Gasteiger partial charge in [0.2, 0.25) is 5.95 Å². The minimum absolute atomic E-state index is 0.195. The number of ether oxygens (including phenoxy) is 1. The Morgan fingerprint density at radius 2 is 2.05 bits per heavy atom. The third-order valence-corrected chi connectivity index (χ3v) is 3.60. The third kappa shape index (κ3) is 2.70. The largest absolute Gasteiger partial charge is 0.464 e. The molecule has 0 fully saturated rings. The van der Waals surface area contributed by atoms with Crippen molar-refractivity contribution in [2.45, 2.75) is 0 Å². The second kappa shape index (κ2) is 5.82. The van der Waals surface area contributed by atoms with Gasteiger partial charge in [0.25, 0.3) is 0 Å². The number of benzene rings is 1. The number of nitrogens with zero attached hydrogens (tertiary/aromatic N) is 2. The molecule has 6 nitrogen and oxygen atoms in total. The Balaban J connectivity index is 1.97. The fourth-order valence-corrected chi connectivity index (χ4v) is 2.42. The lowest BCUT2D eigenvalue weighted by atomic mass is 10.3. The summed E-state index contributed by atoms with van der Waals surface area (Å²) in [6.07, 6.45) is 1.48. The predicted octanol–water partition coefficient (Wildman–Crippen LogP) is 3.79. The van der Waals surface area contributed by atoms with Gasteiger partial charge < -0.3 is 15.0 Å². The van der Waals surface area contributed by atoms with Crippen LogP contribution in [0.4, 0.5) is 11.6 Å². The second-order valence-electron chi connectivity index (χ2n) is 4.39. The zero-order chi connectivity index (χ0) is 15.7. The van der Waals surface area contributed by atoms with Gasteiger partial charge in [-0.3, -0.25) is 0 Å². The molecule has 0 aliphatic rings. The van der Waals surface area contributed by atoms with E-state index in [4.69, 9.17) is 23.2 Å². The number of para-hydroxylation sites is 1. The van der Waals surface area contributed by atoms with Gasteiger partial charge in [0.05, 0.1) is 34.6 Å². The van der Waals surface area contributed by atoms with Crippen molar-refractivity contribution < 1.29 is 9.53 Å². The first kappa shape index (κ1) is 14.6. The van der Waals surface area contributed by atoms with Crippen molar-refractivity contribution in [3.05, 3.63) is 46.2 Å². The molecule has 2 heterocycles. The van der Waals surface area contributed by atoms with Crippen molar-refractivity contribution in [1.29, 1.82) is 0 Å². The number of hydrogen-bond donors (Lipinski definition) is 2. The number of aromatic amines is 1.